The van der Waals surface area contributed by atoms with E-state index in [0.29, 0.717) is 29.1 Å². The van der Waals surface area contributed by atoms with Crippen molar-refractivity contribution >= 4 is 28.0 Å². The molecule has 0 aliphatic carbocycles. The molecule has 8 nitrogen and oxygen atoms in total. The lowest BCUT2D eigenvalue weighted by molar-refractivity contribution is 0.307. The van der Waals surface area contributed by atoms with Crippen molar-refractivity contribution in [1.29, 1.82) is 0 Å². The predicted molar refractivity (Wildman–Crippen MR) is 138 cm³/mol. The number of nitrogens with zero attached hydrogens (tertiary/aromatic N) is 3. The molecular weight excluding hydrogens is 484 g/mol. The molecule has 4 aromatic rings. The third kappa shape index (κ3) is 5.88. The van der Waals surface area contributed by atoms with E-state index in [-0.39, 0.29) is 5.92 Å². The Bertz CT molecular complexity index is 1390. The van der Waals surface area contributed by atoms with Crippen molar-refractivity contribution in [2.24, 2.45) is 5.92 Å². The summed E-state index contributed by atoms with van der Waals surface area (Å²) >= 11 is 1.40. The second-order valence-electron chi connectivity index (χ2n) is 8.79. The summed E-state index contributed by atoms with van der Waals surface area (Å²) in [6.45, 7) is 11.1. The summed E-state index contributed by atoms with van der Waals surface area (Å²) in [5.74, 6) is 0.736. The van der Waals surface area contributed by atoms with Gasteiger partial charge in [0.2, 0.25) is 4.34 Å². The predicted octanol–water partition coefficient (Wildman–Crippen LogP) is 5.18. The van der Waals surface area contributed by atoms with Crippen molar-refractivity contribution in [2.45, 2.75) is 45.6 Å². The Balaban J connectivity index is 1.61. The summed E-state index contributed by atoms with van der Waals surface area (Å²) in [5.41, 5.74) is 5.51. The van der Waals surface area contributed by atoms with Crippen LogP contribution in [0.5, 0.6) is 5.75 Å². The van der Waals surface area contributed by atoms with Crippen LogP contribution in [0.3, 0.4) is 0 Å². The van der Waals surface area contributed by atoms with E-state index >= 15 is 0 Å². The Morgan fingerprint density at radius 2 is 1.86 bits per heavy atom. The fraction of sp³-hybridized carbons (Fsp3) is 0.320. The maximum atomic E-state index is 13.6. The Kier molecular flexibility index (Phi) is 7.51. The van der Waals surface area contributed by atoms with Gasteiger partial charge in [-0.05, 0) is 55.5 Å². The molecule has 10 heteroatoms. The number of aromatic nitrogens is 3. The highest BCUT2D eigenvalue weighted by atomic mass is 32.2. The normalized spacial score (nSPS) is 12.2. The number of thiazole rings is 1. The van der Waals surface area contributed by atoms with Gasteiger partial charge in [-0.15, -0.1) is 11.3 Å². The number of ether oxygens (including phenoxy) is 1. The van der Waals surface area contributed by atoms with Crippen molar-refractivity contribution in [3.8, 4) is 17.1 Å². The first-order chi connectivity index (χ1) is 16.7. The van der Waals surface area contributed by atoms with Crippen LogP contribution < -0.4 is 14.8 Å². The Labute approximate surface area is 210 Å². The first-order valence-corrected chi connectivity index (χ1v) is 13.2. The molecule has 0 aliphatic rings. The number of rotatable bonds is 9. The number of nitrogens with one attached hydrogen (secondary N) is 1. The van der Waals surface area contributed by atoms with Crippen LogP contribution in [0.2, 0.25) is 0 Å². The van der Waals surface area contributed by atoms with Crippen molar-refractivity contribution in [1.82, 2.24) is 15.1 Å². The average Bonchev–Trinajstić information content (AvgIpc) is 3.46. The highest BCUT2D eigenvalue weighted by molar-refractivity contribution is 7.88. The van der Waals surface area contributed by atoms with E-state index in [0.717, 1.165) is 33.6 Å². The number of aromatic amines is 1. The minimum atomic E-state index is -1.45. The molecule has 35 heavy (non-hydrogen) atoms. The third-order valence-corrected chi connectivity index (χ3v) is 7.99. The molecule has 0 aliphatic heterocycles. The van der Waals surface area contributed by atoms with Crippen molar-refractivity contribution in [3.05, 3.63) is 74.7 Å². The average molecular weight is 513 g/mol. The zero-order chi connectivity index (χ0) is 25.1. The molecule has 2 heterocycles. The van der Waals surface area contributed by atoms with Gasteiger partial charge in [-0.25, -0.2) is 14.0 Å². The van der Waals surface area contributed by atoms with E-state index in [2.05, 4.69) is 33.5 Å². The maximum Gasteiger partial charge on any atom is 0.439 e. The van der Waals surface area contributed by atoms with Gasteiger partial charge in [0.1, 0.15) is 12.4 Å². The highest BCUT2D eigenvalue weighted by Gasteiger charge is 2.24. The van der Waals surface area contributed by atoms with Gasteiger partial charge in [0.05, 0.1) is 5.69 Å². The van der Waals surface area contributed by atoms with Gasteiger partial charge in [-0.3, -0.25) is 13.8 Å². The molecular formula is C25H28N4O4S2. The zero-order valence-electron chi connectivity index (χ0n) is 20.3. The molecule has 0 radical (unpaired) electrons. The first kappa shape index (κ1) is 24.9. The third-order valence-electron chi connectivity index (χ3n) is 5.38. The van der Waals surface area contributed by atoms with Crippen LogP contribution in [0.25, 0.3) is 11.4 Å². The number of aryl methyl sites for hydroxylation is 3. The number of hydrogen-bond donors (Lipinski definition) is 1. The molecule has 4 rings (SSSR count). The lowest BCUT2D eigenvalue weighted by Crippen LogP contribution is -2.30. The van der Waals surface area contributed by atoms with E-state index < -0.39 is 16.7 Å². The summed E-state index contributed by atoms with van der Waals surface area (Å²) in [4.78, 5) is 18.2. The SMILES string of the molecule is Cc1csc(S(=O)N(CC(C)C)c2cc(C)c(C)cc2OCc2ccc(-c3noc(=O)[nH]3)cc2)n1. The second-order valence-corrected chi connectivity index (χ2v) is 11.2. The van der Waals surface area contributed by atoms with E-state index in [1.807, 2.05) is 66.9 Å². The largest absolute Gasteiger partial charge is 0.487 e. The van der Waals surface area contributed by atoms with Crippen molar-refractivity contribution in [3.63, 3.8) is 0 Å². The monoisotopic (exact) mass is 512 g/mol. The molecule has 0 amide bonds. The molecule has 0 bridgehead atoms. The Morgan fingerprint density at radius 3 is 2.46 bits per heavy atom. The quantitative estimate of drug-likeness (QED) is 0.332. The standard InChI is InChI=1S/C25H28N4O4S2/c1-15(2)12-29(35(31)25-26-18(5)14-34-25)21-10-16(3)17(4)11-22(21)32-13-19-6-8-20(9-7-19)23-27-24(30)33-28-23/h6-11,14-15H,12-13H2,1-5H3,(H,27,28,30). The highest BCUT2D eigenvalue weighted by Crippen LogP contribution is 2.35. The fourth-order valence-electron chi connectivity index (χ4n) is 3.45. The number of hydrogen-bond acceptors (Lipinski definition) is 7. The molecule has 184 valence electrons. The lowest BCUT2D eigenvalue weighted by atomic mass is 10.1. The van der Waals surface area contributed by atoms with Gasteiger partial charge >= 0.3 is 5.76 Å². The van der Waals surface area contributed by atoms with E-state index in [1.54, 1.807) is 0 Å². The molecule has 1 N–H and O–H groups in total. The van der Waals surface area contributed by atoms with Crippen LogP contribution >= 0.6 is 11.3 Å². The molecule has 2 aromatic heterocycles. The summed E-state index contributed by atoms with van der Waals surface area (Å²) < 4.78 is 26.9. The Hall–Kier alpha value is -3.24. The first-order valence-electron chi connectivity index (χ1n) is 11.2. The number of benzene rings is 2. The van der Waals surface area contributed by atoms with Crippen LogP contribution in [-0.4, -0.2) is 25.9 Å². The maximum absolute atomic E-state index is 13.6. The molecule has 1 unspecified atom stereocenters. The van der Waals surface area contributed by atoms with Gasteiger partial charge in [0, 0.05) is 23.2 Å². The van der Waals surface area contributed by atoms with Gasteiger partial charge in [0.25, 0.3) is 0 Å². The van der Waals surface area contributed by atoms with Gasteiger partial charge in [-0.1, -0.05) is 43.3 Å². The van der Waals surface area contributed by atoms with Crippen molar-refractivity contribution < 1.29 is 13.5 Å². The minimum absolute atomic E-state index is 0.282. The fourth-order valence-corrected chi connectivity index (χ4v) is 5.88. The topological polar surface area (TPSA) is 101 Å². The summed E-state index contributed by atoms with van der Waals surface area (Å²) in [5, 5.41) is 5.63. The summed E-state index contributed by atoms with van der Waals surface area (Å²) in [6, 6.07) is 11.5. The smallest absolute Gasteiger partial charge is 0.439 e. The molecule has 1 atom stereocenters. The van der Waals surface area contributed by atoms with Gasteiger partial charge in [-0.2, -0.15) is 0 Å². The molecule has 0 fully saturated rings. The zero-order valence-corrected chi connectivity index (χ0v) is 22.0. The molecule has 2 aromatic carbocycles. The van der Waals surface area contributed by atoms with Crippen LogP contribution in [0.1, 0.15) is 36.2 Å². The van der Waals surface area contributed by atoms with Crippen LogP contribution in [0.4, 0.5) is 5.69 Å². The lowest BCUT2D eigenvalue weighted by Gasteiger charge is -2.27. The summed E-state index contributed by atoms with van der Waals surface area (Å²) in [7, 11) is -1.45. The number of H-pyrrole nitrogens is 1. The van der Waals surface area contributed by atoms with E-state index in [1.165, 1.54) is 11.3 Å². The van der Waals surface area contributed by atoms with Crippen molar-refractivity contribution in [2.75, 3.05) is 10.8 Å². The summed E-state index contributed by atoms with van der Waals surface area (Å²) in [6.07, 6.45) is 0. The van der Waals surface area contributed by atoms with E-state index in [9.17, 15) is 9.00 Å². The van der Waals surface area contributed by atoms with Crippen LogP contribution in [0.15, 0.2) is 55.4 Å². The van der Waals surface area contributed by atoms with Gasteiger partial charge < -0.3 is 4.74 Å². The molecule has 0 saturated heterocycles. The van der Waals surface area contributed by atoms with E-state index in [4.69, 9.17) is 4.74 Å². The second kappa shape index (κ2) is 10.6. The molecule has 0 spiro atoms. The molecule has 0 saturated carbocycles. The van der Waals surface area contributed by atoms with Crippen LogP contribution in [-0.2, 0) is 17.6 Å². The Morgan fingerprint density at radius 1 is 1.14 bits per heavy atom. The van der Waals surface area contributed by atoms with Crippen LogP contribution in [0, 0.1) is 26.7 Å². The number of anilines is 1. The van der Waals surface area contributed by atoms with Gasteiger partial charge in [0.15, 0.2) is 16.8 Å². The minimum Gasteiger partial charge on any atom is -0.487 e.